The van der Waals surface area contributed by atoms with Crippen LogP contribution in [0, 0.1) is 0 Å². The Labute approximate surface area is 158 Å². The Morgan fingerprint density at radius 1 is 1.00 bits per heavy atom. The van der Waals surface area contributed by atoms with E-state index in [2.05, 4.69) is 22.3 Å². The zero-order chi connectivity index (χ0) is 19.3. The molecule has 2 atom stereocenters. The molecular weight excluding hydrogens is 353 g/mol. The van der Waals surface area contributed by atoms with Crippen molar-refractivity contribution in [1.82, 2.24) is 10.2 Å². The molecule has 0 aliphatic carbocycles. The molecule has 2 aromatic carbocycles. The highest BCUT2D eigenvalue weighted by Crippen LogP contribution is 2.31. The van der Waals surface area contributed by atoms with Crippen LogP contribution in [0.15, 0.2) is 54.6 Å². The molecule has 2 aromatic rings. The highest BCUT2D eigenvalue weighted by Gasteiger charge is 2.30. The maximum atomic E-state index is 12.7. The van der Waals surface area contributed by atoms with Gasteiger partial charge < -0.3 is 10.1 Å². The third-order valence-corrected chi connectivity index (χ3v) is 4.85. The maximum Gasteiger partial charge on any atom is 0.416 e. The molecule has 27 heavy (non-hydrogen) atoms. The van der Waals surface area contributed by atoms with Crippen LogP contribution in [0.25, 0.3) is 0 Å². The summed E-state index contributed by atoms with van der Waals surface area (Å²) in [6.07, 6.45) is -3.68. The summed E-state index contributed by atoms with van der Waals surface area (Å²) in [6.45, 7) is 5.81. The number of hydrogen-bond donors (Lipinski definition) is 1. The molecule has 1 saturated heterocycles. The van der Waals surface area contributed by atoms with Crippen molar-refractivity contribution < 1.29 is 17.9 Å². The summed E-state index contributed by atoms with van der Waals surface area (Å²) in [6, 6.07) is 15.4. The largest absolute Gasteiger partial charge is 0.491 e. The minimum absolute atomic E-state index is 0.123. The van der Waals surface area contributed by atoms with Gasteiger partial charge in [0.25, 0.3) is 0 Å². The van der Waals surface area contributed by atoms with Crippen molar-refractivity contribution in [2.75, 3.05) is 26.2 Å². The van der Waals surface area contributed by atoms with E-state index < -0.39 is 11.7 Å². The minimum atomic E-state index is -4.33. The van der Waals surface area contributed by atoms with Crippen LogP contribution in [-0.2, 0) is 6.18 Å². The molecule has 0 radical (unpaired) electrons. The summed E-state index contributed by atoms with van der Waals surface area (Å²) in [7, 11) is 0. The number of nitrogens with zero attached hydrogens (tertiary/aromatic N) is 1. The second kappa shape index (κ2) is 8.76. The molecule has 0 amide bonds. The molecule has 1 N–H and O–H groups in total. The lowest BCUT2D eigenvalue weighted by molar-refractivity contribution is -0.137. The van der Waals surface area contributed by atoms with Gasteiger partial charge in [-0.05, 0) is 36.8 Å². The van der Waals surface area contributed by atoms with Gasteiger partial charge in [0.05, 0.1) is 11.7 Å². The van der Waals surface area contributed by atoms with Crippen molar-refractivity contribution in [2.45, 2.75) is 31.7 Å². The van der Waals surface area contributed by atoms with Crippen molar-refractivity contribution in [3.8, 4) is 5.75 Å². The molecule has 146 valence electrons. The van der Waals surface area contributed by atoms with Crippen LogP contribution in [0.5, 0.6) is 5.75 Å². The van der Waals surface area contributed by atoms with Gasteiger partial charge in [0, 0.05) is 38.6 Å². The van der Waals surface area contributed by atoms with E-state index in [1.165, 1.54) is 17.7 Å². The van der Waals surface area contributed by atoms with Crippen LogP contribution in [0.4, 0.5) is 13.2 Å². The van der Waals surface area contributed by atoms with Crippen molar-refractivity contribution >= 4 is 0 Å². The van der Waals surface area contributed by atoms with E-state index in [1.807, 2.05) is 25.1 Å². The highest BCUT2D eigenvalue weighted by molar-refractivity contribution is 5.29. The van der Waals surface area contributed by atoms with Gasteiger partial charge in [-0.15, -0.1) is 0 Å². The fourth-order valence-electron chi connectivity index (χ4n) is 3.48. The third-order valence-electron chi connectivity index (χ3n) is 4.85. The van der Waals surface area contributed by atoms with E-state index in [-0.39, 0.29) is 12.1 Å². The maximum absolute atomic E-state index is 12.7. The summed E-state index contributed by atoms with van der Waals surface area (Å²) in [5.41, 5.74) is 0.577. The number of ether oxygens (including phenoxy) is 1. The molecule has 0 bridgehead atoms. The summed E-state index contributed by atoms with van der Waals surface area (Å²) < 4.78 is 44.0. The van der Waals surface area contributed by atoms with Crippen molar-refractivity contribution in [1.29, 1.82) is 0 Å². The van der Waals surface area contributed by atoms with Gasteiger partial charge in [-0.1, -0.05) is 30.3 Å². The van der Waals surface area contributed by atoms with Crippen molar-refractivity contribution in [3.63, 3.8) is 0 Å². The number of nitrogens with one attached hydrogen (secondary N) is 1. The Hall–Kier alpha value is -2.05. The standard InChI is InChI=1S/C21H25F3N2O/c1-16(27-19-9-7-18(8-10-19)21(22,23)24)15-20(17-5-3-2-4-6-17)26-13-11-25-12-14-26/h2-10,16,20,25H,11-15H2,1H3. The smallest absolute Gasteiger partial charge is 0.416 e. The van der Waals surface area contributed by atoms with Crippen molar-refractivity contribution in [3.05, 3.63) is 65.7 Å². The predicted octanol–water partition coefficient (Wildman–Crippen LogP) is 4.51. The van der Waals surface area contributed by atoms with Gasteiger partial charge in [0.1, 0.15) is 5.75 Å². The zero-order valence-electron chi connectivity index (χ0n) is 15.4. The summed E-state index contributed by atoms with van der Waals surface area (Å²) in [5, 5.41) is 3.37. The molecule has 1 aliphatic rings. The van der Waals surface area contributed by atoms with E-state index in [1.54, 1.807) is 0 Å². The number of alkyl halides is 3. The molecule has 0 spiro atoms. The van der Waals surface area contributed by atoms with Gasteiger partial charge in [-0.3, -0.25) is 4.90 Å². The van der Waals surface area contributed by atoms with E-state index >= 15 is 0 Å². The van der Waals surface area contributed by atoms with Crippen LogP contribution in [0.3, 0.4) is 0 Å². The Morgan fingerprint density at radius 3 is 2.22 bits per heavy atom. The highest BCUT2D eigenvalue weighted by atomic mass is 19.4. The second-order valence-electron chi connectivity index (χ2n) is 6.90. The molecular formula is C21H25F3N2O. The van der Waals surface area contributed by atoms with Gasteiger partial charge in [0.2, 0.25) is 0 Å². The van der Waals surface area contributed by atoms with Crippen molar-refractivity contribution in [2.24, 2.45) is 0 Å². The topological polar surface area (TPSA) is 24.5 Å². The van der Waals surface area contributed by atoms with Crippen LogP contribution in [0.1, 0.15) is 30.5 Å². The summed E-state index contributed by atoms with van der Waals surface area (Å²) >= 11 is 0. The lowest BCUT2D eigenvalue weighted by Crippen LogP contribution is -2.46. The average molecular weight is 378 g/mol. The van der Waals surface area contributed by atoms with E-state index in [0.717, 1.165) is 44.7 Å². The quantitative estimate of drug-likeness (QED) is 0.801. The molecule has 1 aliphatic heterocycles. The monoisotopic (exact) mass is 378 g/mol. The molecule has 6 heteroatoms. The first-order chi connectivity index (χ1) is 12.9. The number of benzene rings is 2. The first kappa shape index (κ1) is 19.7. The lowest BCUT2D eigenvalue weighted by atomic mass is 9.98. The average Bonchev–Trinajstić information content (AvgIpc) is 2.67. The van der Waals surface area contributed by atoms with E-state index in [0.29, 0.717) is 5.75 Å². The van der Waals surface area contributed by atoms with E-state index in [9.17, 15) is 13.2 Å². The number of piperazine rings is 1. The Balaban J connectivity index is 1.68. The Bertz CT molecular complexity index is 698. The predicted molar refractivity (Wildman–Crippen MR) is 99.8 cm³/mol. The number of hydrogen-bond acceptors (Lipinski definition) is 3. The van der Waals surface area contributed by atoms with E-state index in [4.69, 9.17) is 4.74 Å². The SMILES string of the molecule is CC(CC(c1ccccc1)N1CCNCC1)Oc1ccc(C(F)(F)F)cc1. The molecule has 3 nitrogen and oxygen atoms in total. The van der Waals surface area contributed by atoms with Gasteiger partial charge in [0.15, 0.2) is 0 Å². The minimum Gasteiger partial charge on any atom is -0.491 e. The normalized spacial score (nSPS) is 18.1. The van der Waals surface area contributed by atoms with Gasteiger partial charge in [-0.25, -0.2) is 0 Å². The first-order valence-corrected chi connectivity index (χ1v) is 9.27. The number of halogens is 3. The fourth-order valence-corrected chi connectivity index (χ4v) is 3.48. The molecule has 1 fully saturated rings. The van der Waals surface area contributed by atoms with Crippen LogP contribution < -0.4 is 10.1 Å². The molecule has 0 aromatic heterocycles. The van der Waals surface area contributed by atoms with Crippen LogP contribution in [-0.4, -0.2) is 37.2 Å². The number of rotatable bonds is 6. The second-order valence-corrected chi connectivity index (χ2v) is 6.90. The molecule has 2 unspecified atom stereocenters. The van der Waals surface area contributed by atoms with Gasteiger partial charge >= 0.3 is 6.18 Å². The van der Waals surface area contributed by atoms with Crippen LogP contribution in [0.2, 0.25) is 0 Å². The summed E-state index contributed by atoms with van der Waals surface area (Å²) in [5.74, 6) is 0.461. The summed E-state index contributed by atoms with van der Waals surface area (Å²) in [4.78, 5) is 2.44. The Morgan fingerprint density at radius 2 is 1.63 bits per heavy atom. The van der Waals surface area contributed by atoms with Gasteiger partial charge in [-0.2, -0.15) is 13.2 Å². The molecule has 1 heterocycles. The Kier molecular flexibility index (Phi) is 6.39. The molecule has 3 rings (SSSR count). The zero-order valence-corrected chi connectivity index (χ0v) is 15.4. The fraction of sp³-hybridized carbons (Fsp3) is 0.429. The molecule has 0 saturated carbocycles. The van der Waals surface area contributed by atoms with Crippen LogP contribution >= 0.6 is 0 Å². The first-order valence-electron chi connectivity index (χ1n) is 9.27. The lowest BCUT2D eigenvalue weighted by Gasteiger charge is -2.36. The third kappa shape index (κ3) is 5.47.